The van der Waals surface area contributed by atoms with E-state index in [-0.39, 0.29) is 12.3 Å². The average Bonchev–Trinajstić information content (AvgIpc) is 2.46. The molecule has 1 amide bonds. The second kappa shape index (κ2) is 2.96. The first-order valence-electron chi connectivity index (χ1n) is 4.06. The molecule has 2 rings (SSSR count). The molecule has 0 fully saturated rings. The SMILES string of the molecule is CCc1nc(Cl)c2c(n1)NC(=O)C2. The normalized spacial score (nSPS) is 14.2. The number of aryl methyl sites for hydroxylation is 1. The lowest BCUT2D eigenvalue weighted by molar-refractivity contribution is -0.115. The molecule has 1 N–H and O–H groups in total. The van der Waals surface area contributed by atoms with E-state index in [0.29, 0.717) is 28.8 Å². The third-order valence-electron chi connectivity index (χ3n) is 1.91. The van der Waals surface area contributed by atoms with Crippen LogP contribution >= 0.6 is 11.6 Å². The molecule has 5 heteroatoms. The van der Waals surface area contributed by atoms with E-state index in [9.17, 15) is 4.79 Å². The lowest BCUT2D eigenvalue weighted by Crippen LogP contribution is -2.04. The molecule has 0 unspecified atom stereocenters. The molecule has 0 aromatic carbocycles. The molecule has 0 saturated carbocycles. The van der Waals surface area contributed by atoms with E-state index < -0.39 is 0 Å². The van der Waals surface area contributed by atoms with Crippen LogP contribution in [0.1, 0.15) is 18.3 Å². The van der Waals surface area contributed by atoms with E-state index in [4.69, 9.17) is 11.6 Å². The number of amides is 1. The van der Waals surface area contributed by atoms with Crippen molar-refractivity contribution < 1.29 is 4.79 Å². The number of hydrogen-bond acceptors (Lipinski definition) is 3. The Balaban J connectivity index is 2.52. The van der Waals surface area contributed by atoms with Crippen molar-refractivity contribution in [1.29, 1.82) is 0 Å². The molecule has 68 valence electrons. The van der Waals surface area contributed by atoms with Crippen molar-refractivity contribution >= 4 is 23.3 Å². The fourth-order valence-corrected chi connectivity index (χ4v) is 1.51. The molecule has 0 spiro atoms. The van der Waals surface area contributed by atoms with Crippen molar-refractivity contribution in [3.05, 3.63) is 16.5 Å². The molecule has 0 bridgehead atoms. The number of anilines is 1. The zero-order valence-electron chi connectivity index (χ0n) is 7.09. The Hall–Kier alpha value is -1.16. The van der Waals surface area contributed by atoms with Crippen LogP contribution in [0.3, 0.4) is 0 Å². The van der Waals surface area contributed by atoms with Crippen LogP contribution in [0.2, 0.25) is 5.15 Å². The van der Waals surface area contributed by atoms with Crippen molar-refractivity contribution in [2.24, 2.45) is 0 Å². The molecule has 1 aliphatic heterocycles. The standard InChI is InChI=1S/C8H8ClN3O/c1-2-5-10-7(9)4-3-6(13)12-8(4)11-5/h2-3H2,1H3,(H,10,11,12,13). The average molecular weight is 198 g/mol. The van der Waals surface area contributed by atoms with Gasteiger partial charge in [-0.2, -0.15) is 0 Å². The highest BCUT2D eigenvalue weighted by molar-refractivity contribution is 6.31. The van der Waals surface area contributed by atoms with Gasteiger partial charge >= 0.3 is 0 Å². The summed E-state index contributed by atoms with van der Waals surface area (Å²) >= 11 is 5.88. The summed E-state index contributed by atoms with van der Waals surface area (Å²) in [5, 5.41) is 3.03. The zero-order valence-corrected chi connectivity index (χ0v) is 7.85. The van der Waals surface area contributed by atoms with Crippen molar-refractivity contribution in [2.75, 3.05) is 5.32 Å². The largest absolute Gasteiger partial charge is 0.310 e. The van der Waals surface area contributed by atoms with Crippen LogP contribution in [0.25, 0.3) is 0 Å². The number of carbonyl (C=O) groups is 1. The van der Waals surface area contributed by atoms with Gasteiger partial charge in [-0.15, -0.1) is 0 Å². The van der Waals surface area contributed by atoms with E-state index in [0.717, 1.165) is 0 Å². The van der Waals surface area contributed by atoms with Crippen LogP contribution in [0.4, 0.5) is 5.82 Å². The molecule has 13 heavy (non-hydrogen) atoms. The second-order valence-corrected chi connectivity index (χ2v) is 3.19. The third kappa shape index (κ3) is 1.37. The maximum Gasteiger partial charge on any atom is 0.230 e. The molecular formula is C8H8ClN3O. The quantitative estimate of drug-likeness (QED) is 0.688. The lowest BCUT2D eigenvalue weighted by Gasteiger charge is -2.01. The summed E-state index contributed by atoms with van der Waals surface area (Å²) in [7, 11) is 0. The summed E-state index contributed by atoms with van der Waals surface area (Å²) < 4.78 is 0. The first-order valence-corrected chi connectivity index (χ1v) is 4.43. The summed E-state index contributed by atoms with van der Waals surface area (Å²) in [6.45, 7) is 1.94. The summed E-state index contributed by atoms with van der Waals surface area (Å²) in [5.41, 5.74) is 0.712. The Bertz CT molecular complexity index is 378. The van der Waals surface area contributed by atoms with Gasteiger partial charge in [0.15, 0.2) is 0 Å². The minimum absolute atomic E-state index is 0.0700. The lowest BCUT2D eigenvalue weighted by atomic mass is 10.2. The topological polar surface area (TPSA) is 54.9 Å². The van der Waals surface area contributed by atoms with Gasteiger partial charge in [0.25, 0.3) is 0 Å². The van der Waals surface area contributed by atoms with E-state index in [2.05, 4.69) is 15.3 Å². The molecule has 2 heterocycles. The van der Waals surface area contributed by atoms with Crippen molar-refractivity contribution in [3.8, 4) is 0 Å². The zero-order chi connectivity index (χ0) is 9.42. The number of rotatable bonds is 1. The number of fused-ring (bicyclic) bond motifs is 1. The molecule has 0 saturated heterocycles. The van der Waals surface area contributed by atoms with E-state index in [1.54, 1.807) is 0 Å². The van der Waals surface area contributed by atoms with Crippen molar-refractivity contribution in [1.82, 2.24) is 9.97 Å². The highest BCUT2D eigenvalue weighted by Crippen LogP contribution is 2.26. The Morgan fingerprint density at radius 3 is 3.00 bits per heavy atom. The predicted molar refractivity (Wildman–Crippen MR) is 48.8 cm³/mol. The third-order valence-corrected chi connectivity index (χ3v) is 2.23. The molecule has 0 radical (unpaired) electrons. The monoisotopic (exact) mass is 197 g/mol. The Morgan fingerprint density at radius 1 is 1.54 bits per heavy atom. The van der Waals surface area contributed by atoms with Crippen LogP contribution in [0.5, 0.6) is 0 Å². The number of hydrogen-bond donors (Lipinski definition) is 1. The molecule has 1 aromatic rings. The predicted octanol–water partition coefficient (Wildman–Crippen LogP) is 1.19. The van der Waals surface area contributed by atoms with Crippen LogP contribution in [-0.4, -0.2) is 15.9 Å². The van der Waals surface area contributed by atoms with Gasteiger partial charge in [-0.3, -0.25) is 4.79 Å². The molecule has 4 nitrogen and oxygen atoms in total. The number of aromatic nitrogens is 2. The number of nitrogens with zero attached hydrogens (tertiary/aromatic N) is 2. The maximum atomic E-state index is 11.0. The minimum atomic E-state index is -0.0700. The fraction of sp³-hybridized carbons (Fsp3) is 0.375. The first-order chi connectivity index (χ1) is 6.20. The summed E-state index contributed by atoms with van der Waals surface area (Å²) in [6, 6.07) is 0. The summed E-state index contributed by atoms with van der Waals surface area (Å²) in [6.07, 6.45) is 1.00. The Labute approximate surface area is 80.3 Å². The summed E-state index contributed by atoms with van der Waals surface area (Å²) in [5.74, 6) is 1.16. The van der Waals surface area contributed by atoms with E-state index in [1.165, 1.54) is 0 Å². The Kier molecular flexibility index (Phi) is 1.92. The highest BCUT2D eigenvalue weighted by atomic mass is 35.5. The molecule has 1 aromatic heterocycles. The van der Waals surface area contributed by atoms with Gasteiger partial charge in [0.2, 0.25) is 5.91 Å². The highest BCUT2D eigenvalue weighted by Gasteiger charge is 2.23. The molecule has 1 aliphatic rings. The molecule has 0 aliphatic carbocycles. The number of nitrogens with one attached hydrogen (secondary N) is 1. The van der Waals surface area contributed by atoms with Crippen LogP contribution in [-0.2, 0) is 17.6 Å². The van der Waals surface area contributed by atoms with Crippen molar-refractivity contribution in [2.45, 2.75) is 19.8 Å². The summed E-state index contributed by atoms with van der Waals surface area (Å²) in [4.78, 5) is 19.2. The minimum Gasteiger partial charge on any atom is -0.310 e. The van der Waals surface area contributed by atoms with Gasteiger partial charge in [-0.1, -0.05) is 18.5 Å². The smallest absolute Gasteiger partial charge is 0.230 e. The molecule has 0 atom stereocenters. The number of carbonyl (C=O) groups excluding carboxylic acids is 1. The van der Waals surface area contributed by atoms with Crippen LogP contribution < -0.4 is 5.32 Å². The van der Waals surface area contributed by atoms with Crippen molar-refractivity contribution in [3.63, 3.8) is 0 Å². The number of halogens is 1. The van der Waals surface area contributed by atoms with Gasteiger partial charge in [0.05, 0.1) is 6.42 Å². The van der Waals surface area contributed by atoms with Crippen LogP contribution in [0.15, 0.2) is 0 Å². The first kappa shape index (κ1) is 8.44. The van der Waals surface area contributed by atoms with Crippen LogP contribution in [0, 0.1) is 0 Å². The molecular weight excluding hydrogens is 190 g/mol. The Morgan fingerprint density at radius 2 is 2.31 bits per heavy atom. The second-order valence-electron chi connectivity index (χ2n) is 2.84. The van der Waals surface area contributed by atoms with E-state index >= 15 is 0 Å². The van der Waals surface area contributed by atoms with Gasteiger partial charge in [-0.05, 0) is 0 Å². The van der Waals surface area contributed by atoms with Gasteiger partial charge in [0.1, 0.15) is 16.8 Å². The van der Waals surface area contributed by atoms with Gasteiger partial charge in [0, 0.05) is 12.0 Å². The van der Waals surface area contributed by atoms with E-state index in [1.807, 2.05) is 6.92 Å². The van der Waals surface area contributed by atoms with Gasteiger partial charge in [-0.25, -0.2) is 9.97 Å². The maximum absolute atomic E-state index is 11.0. The fourth-order valence-electron chi connectivity index (χ4n) is 1.26. The van der Waals surface area contributed by atoms with Gasteiger partial charge < -0.3 is 5.32 Å².